The second kappa shape index (κ2) is 10.6. The van der Waals surface area contributed by atoms with Crippen LogP contribution in [0, 0.1) is 11.7 Å². The van der Waals surface area contributed by atoms with Gasteiger partial charge in [0.1, 0.15) is 5.82 Å². The number of benzene rings is 1. The average molecular weight is 537 g/mol. The summed E-state index contributed by atoms with van der Waals surface area (Å²) < 4.78 is 38.0. The molecule has 0 atom stereocenters. The zero-order valence-electron chi connectivity index (χ0n) is 16.7. The number of hydrogen-bond acceptors (Lipinski definition) is 3. The van der Waals surface area contributed by atoms with Gasteiger partial charge in [0.05, 0.1) is 6.26 Å². The first-order valence-corrected chi connectivity index (χ1v) is 11.4. The minimum absolute atomic E-state index is 0. The van der Waals surface area contributed by atoms with Gasteiger partial charge in [0, 0.05) is 50.3 Å². The molecule has 3 N–H and O–H groups in total. The number of sulfonamides is 1. The highest BCUT2D eigenvalue weighted by Crippen LogP contribution is 2.20. The predicted molar refractivity (Wildman–Crippen MR) is 126 cm³/mol. The van der Waals surface area contributed by atoms with Crippen molar-refractivity contribution in [2.24, 2.45) is 10.9 Å². The van der Waals surface area contributed by atoms with Crippen molar-refractivity contribution in [3.05, 3.63) is 35.8 Å². The topological polar surface area (TPSA) is 89.6 Å². The van der Waals surface area contributed by atoms with Crippen molar-refractivity contribution in [3.8, 4) is 0 Å². The van der Waals surface area contributed by atoms with E-state index in [4.69, 9.17) is 0 Å². The first kappa shape index (κ1) is 23.9. The number of nitrogens with zero attached hydrogens (tertiary/aromatic N) is 2. The SMILES string of the molecule is CN=C(NCCc1c[nH]c2cc(F)ccc12)NCC1CCN(S(C)(=O)=O)CC1.I. The largest absolute Gasteiger partial charge is 0.361 e. The van der Waals surface area contributed by atoms with E-state index in [-0.39, 0.29) is 29.8 Å². The van der Waals surface area contributed by atoms with Gasteiger partial charge in [0.15, 0.2) is 5.96 Å². The summed E-state index contributed by atoms with van der Waals surface area (Å²) >= 11 is 0. The van der Waals surface area contributed by atoms with Gasteiger partial charge in [0.2, 0.25) is 10.0 Å². The summed E-state index contributed by atoms with van der Waals surface area (Å²) in [5.74, 6) is 0.919. The van der Waals surface area contributed by atoms with Crippen LogP contribution in [0.3, 0.4) is 0 Å². The molecule has 0 amide bonds. The Balaban J connectivity index is 0.00000300. The van der Waals surface area contributed by atoms with Gasteiger partial charge in [-0.1, -0.05) is 0 Å². The van der Waals surface area contributed by atoms with Gasteiger partial charge in [0.25, 0.3) is 0 Å². The number of aliphatic imine (C=N–C) groups is 1. The predicted octanol–water partition coefficient (Wildman–Crippen LogP) is 2.30. The van der Waals surface area contributed by atoms with E-state index in [1.54, 1.807) is 17.4 Å². The molecule has 0 saturated carbocycles. The standard InChI is InChI=1S/C19H28FN5O2S.HI/c1-21-19(24-12-14-6-9-25(10-7-14)28(2,26)27)22-8-5-15-13-23-18-11-16(20)3-4-17(15)18;/h3-4,11,13-14,23H,5-10,12H2,1-2H3,(H2,21,22,24);1H. The van der Waals surface area contributed by atoms with Crippen LogP contribution < -0.4 is 10.6 Å². The van der Waals surface area contributed by atoms with Crippen LogP contribution in [0.1, 0.15) is 18.4 Å². The summed E-state index contributed by atoms with van der Waals surface area (Å²) in [5, 5.41) is 7.66. The molecule has 3 rings (SSSR count). The molecule has 0 aliphatic carbocycles. The molecule has 0 bridgehead atoms. The lowest BCUT2D eigenvalue weighted by molar-refractivity contribution is 0.275. The summed E-state index contributed by atoms with van der Waals surface area (Å²) in [7, 11) is -1.35. The van der Waals surface area contributed by atoms with E-state index >= 15 is 0 Å². The molecule has 1 saturated heterocycles. The number of piperidine rings is 1. The maximum atomic E-state index is 13.3. The Labute approximate surface area is 188 Å². The highest BCUT2D eigenvalue weighted by Gasteiger charge is 2.24. The van der Waals surface area contributed by atoms with E-state index in [2.05, 4.69) is 20.6 Å². The monoisotopic (exact) mass is 537 g/mol. The fourth-order valence-electron chi connectivity index (χ4n) is 3.59. The maximum Gasteiger partial charge on any atom is 0.211 e. The molecule has 2 heterocycles. The van der Waals surface area contributed by atoms with E-state index in [1.807, 2.05) is 6.20 Å². The van der Waals surface area contributed by atoms with Gasteiger partial charge < -0.3 is 15.6 Å². The normalized spacial score (nSPS) is 16.6. The van der Waals surface area contributed by atoms with E-state index in [0.717, 1.165) is 48.2 Å². The van der Waals surface area contributed by atoms with Crippen LogP contribution in [0.25, 0.3) is 10.9 Å². The van der Waals surface area contributed by atoms with Crippen LogP contribution in [0.2, 0.25) is 0 Å². The molecular weight excluding hydrogens is 508 g/mol. The van der Waals surface area contributed by atoms with Crippen molar-refractivity contribution in [1.82, 2.24) is 19.9 Å². The Morgan fingerprint density at radius 3 is 2.69 bits per heavy atom. The van der Waals surface area contributed by atoms with E-state index < -0.39 is 10.0 Å². The second-order valence-electron chi connectivity index (χ2n) is 7.24. The fourth-order valence-corrected chi connectivity index (χ4v) is 4.46. The minimum atomic E-state index is -3.08. The summed E-state index contributed by atoms with van der Waals surface area (Å²) in [6.07, 6.45) is 5.67. The third-order valence-electron chi connectivity index (χ3n) is 5.24. The van der Waals surface area contributed by atoms with Crippen molar-refractivity contribution in [3.63, 3.8) is 0 Å². The van der Waals surface area contributed by atoms with Gasteiger partial charge >= 0.3 is 0 Å². The summed E-state index contributed by atoms with van der Waals surface area (Å²) in [5.41, 5.74) is 1.93. The molecule has 1 aromatic carbocycles. The van der Waals surface area contributed by atoms with Crippen LogP contribution in [-0.4, -0.2) is 63.1 Å². The van der Waals surface area contributed by atoms with Crippen molar-refractivity contribution in [2.45, 2.75) is 19.3 Å². The summed E-state index contributed by atoms with van der Waals surface area (Å²) in [6, 6.07) is 4.77. The summed E-state index contributed by atoms with van der Waals surface area (Å²) in [6.45, 7) is 2.64. The molecule has 1 aliphatic heterocycles. The highest BCUT2D eigenvalue weighted by atomic mass is 127. The number of guanidine groups is 1. The highest BCUT2D eigenvalue weighted by molar-refractivity contribution is 14.0. The van der Waals surface area contributed by atoms with E-state index in [9.17, 15) is 12.8 Å². The number of fused-ring (bicyclic) bond motifs is 1. The number of nitrogens with one attached hydrogen (secondary N) is 3. The van der Waals surface area contributed by atoms with Gasteiger partial charge in [-0.3, -0.25) is 4.99 Å². The van der Waals surface area contributed by atoms with Gasteiger partial charge in [-0.2, -0.15) is 0 Å². The van der Waals surface area contributed by atoms with Crippen LogP contribution in [-0.2, 0) is 16.4 Å². The first-order chi connectivity index (χ1) is 13.4. The van der Waals surface area contributed by atoms with Crippen molar-refractivity contribution in [2.75, 3.05) is 39.5 Å². The van der Waals surface area contributed by atoms with Crippen molar-refractivity contribution >= 4 is 50.9 Å². The molecule has 0 unspecified atom stereocenters. The number of H-pyrrole nitrogens is 1. The molecular formula is C19H29FIN5O2S. The first-order valence-electron chi connectivity index (χ1n) is 9.52. The molecule has 0 spiro atoms. The Bertz CT molecular complexity index is 939. The maximum absolute atomic E-state index is 13.3. The zero-order valence-corrected chi connectivity index (χ0v) is 19.9. The van der Waals surface area contributed by atoms with Crippen molar-refractivity contribution in [1.29, 1.82) is 0 Å². The van der Waals surface area contributed by atoms with Gasteiger partial charge in [-0.05, 0) is 48.9 Å². The van der Waals surface area contributed by atoms with Gasteiger partial charge in [-0.25, -0.2) is 17.1 Å². The molecule has 0 radical (unpaired) electrons. The number of aromatic nitrogens is 1. The molecule has 29 heavy (non-hydrogen) atoms. The fraction of sp³-hybridized carbons (Fsp3) is 0.526. The minimum Gasteiger partial charge on any atom is -0.361 e. The lowest BCUT2D eigenvalue weighted by Gasteiger charge is -2.30. The van der Waals surface area contributed by atoms with Crippen molar-refractivity contribution < 1.29 is 12.8 Å². The number of rotatable bonds is 6. The van der Waals surface area contributed by atoms with Crippen LogP contribution in [0.5, 0.6) is 0 Å². The lowest BCUT2D eigenvalue weighted by Crippen LogP contribution is -2.44. The molecule has 2 aromatic rings. The lowest BCUT2D eigenvalue weighted by atomic mass is 9.98. The van der Waals surface area contributed by atoms with Gasteiger partial charge in [-0.15, -0.1) is 24.0 Å². The number of hydrogen-bond donors (Lipinski definition) is 3. The molecule has 1 aliphatic rings. The molecule has 162 valence electrons. The molecule has 10 heteroatoms. The zero-order chi connectivity index (χ0) is 20.1. The van der Waals surface area contributed by atoms with Crippen LogP contribution in [0.15, 0.2) is 29.4 Å². The Hall–Kier alpha value is -1.40. The quantitative estimate of drug-likeness (QED) is 0.300. The molecule has 1 fully saturated rings. The third-order valence-corrected chi connectivity index (χ3v) is 6.54. The van der Waals surface area contributed by atoms with E-state index in [1.165, 1.54) is 18.4 Å². The molecule has 7 nitrogen and oxygen atoms in total. The van der Waals surface area contributed by atoms with Crippen LogP contribution >= 0.6 is 24.0 Å². The second-order valence-corrected chi connectivity index (χ2v) is 9.22. The smallest absolute Gasteiger partial charge is 0.211 e. The number of aromatic amines is 1. The third kappa shape index (κ3) is 6.54. The summed E-state index contributed by atoms with van der Waals surface area (Å²) in [4.78, 5) is 7.35. The Kier molecular flexibility index (Phi) is 8.71. The molecule has 1 aromatic heterocycles. The Morgan fingerprint density at radius 1 is 1.31 bits per heavy atom. The Morgan fingerprint density at radius 2 is 2.03 bits per heavy atom. The van der Waals surface area contributed by atoms with E-state index in [0.29, 0.717) is 25.6 Å². The number of halogens is 2. The average Bonchev–Trinajstić information content (AvgIpc) is 3.06. The van der Waals surface area contributed by atoms with Crippen LogP contribution in [0.4, 0.5) is 4.39 Å².